The van der Waals surface area contributed by atoms with E-state index >= 15 is 0 Å². The second-order valence-corrected chi connectivity index (χ2v) is 6.42. The van der Waals surface area contributed by atoms with Gasteiger partial charge in [-0.3, -0.25) is 0 Å². The van der Waals surface area contributed by atoms with Crippen molar-refractivity contribution >= 4 is 21.6 Å². The first-order valence-electron chi connectivity index (χ1n) is 7.23. The second-order valence-electron chi connectivity index (χ2n) is 5.50. The zero-order valence-corrected chi connectivity index (χ0v) is 13.6. The average Bonchev–Trinajstić information content (AvgIpc) is 2.86. The largest absolute Gasteiger partial charge is 0.416 e. The number of alkyl halides is 3. The van der Waals surface area contributed by atoms with E-state index in [2.05, 4.69) is 28.2 Å². The molecule has 1 atom stereocenters. The van der Waals surface area contributed by atoms with E-state index in [0.717, 1.165) is 45.1 Å². The third kappa shape index (κ3) is 4.61. The molecule has 1 unspecified atom stereocenters. The highest BCUT2D eigenvalue weighted by Gasteiger charge is 2.32. The fourth-order valence-electron chi connectivity index (χ4n) is 2.64. The standard InChI is InChI=1S/C15H20BrF3N2/c1-2-4-20-9-11-3-5-21(10-11)14-7-12(15(17,18)19)6-13(16)8-14/h6-8,11,20H,2-5,9-10H2,1H3. The van der Waals surface area contributed by atoms with Gasteiger partial charge in [0.05, 0.1) is 5.56 Å². The molecule has 0 amide bonds. The molecule has 1 aromatic rings. The summed E-state index contributed by atoms with van der Waals surface area (Å²) in [4.78, 5) is 2.04. The SMILES string of the molecule is CCCNCC1CCN(c2cc(Br)cc(C(F)(F)F)c2)C1. The van der Waals surface area contributed by atoms with Gasteiger partial charge in [0.25, 0.3) is 0 Å². The Hall–Kier alpha value is -0.750. The summed E-state index contributed by atoms with van der Waals surface area (Å²) in [6.45, 7) is 5.67. The maximum atomic E-state index is 12.9. The lowest BCUT2D eigenvalue weighted by atomic mass is 10.1. The average molecular weight is 365 g/mol. The Labute approximate surface area is 131 Å². The lowest BCUT2D eigenvalue weighted by Gasteiger charge is -2.21. The van der Waals surface area contributed by atoms with Crippen molar-refractivity contribution in [2.24, 2.45) is 5.92 Å². The lowest BCUT2D eigenvalue weighted by Crippen LogP contribution is -2.27. The van der Waals surface area contributed by atoms with E-state index < -0.39 is 11.7 Å². The first kappa shape index (κ1) is 16.6. The Morgan fingerprint density at radius 3 is 2.76 bits per heavy atom. The fraction of sp³-hybridized carbons (Fsp3) is 0.600. The van der Waals surface area contributed by atoms with Crippen molar-refractivity contribution in [3.05, 3.63) is 28.2 Å². The molecule has 1 N–H and O–H groups in total. The van der Waals surface area contributed by atoms with Gasteiger partial charge in [-0.25, -0.2) is 0 Å². The lowest BCUT2D eigenvalue weighted by molar-refractivity contribution is -0.137. The Morgan fingerprint density at radius 1 is 1.33 bits per heavy atom. The van der Waals surface area contributed by atoms with E-state index in [9.17, 15) is 13.2 Å². The number of halogens is 4. The summed E-state index contributed by atoms with van der Waals surface area (Å²) in [6.07, 6.45) is -2.19. The van der Waals surface area contributed by atoms with Gasteiger partial charge in [0, 0.05) is 23.2 Å². The monoisotopic (exact) mass is 364 g/mol. The van der Waals surface area contributed by atoms with Crippen LogP contribution >= 0.6 is 15.9 Å². The van der Waals surface area contributed by atoms with E-state index in [1.165, 1.54) is 6.07 Å². The summed E-state index contributed by atoms with van der Waals surface area (Å²) in [7, 11) is 0. The Morgan fingerprint density at radius 2 is 2.10 bits per heavy atom. The predicted molar refractivity (Wildman–Crippen MR) is 82.6 cm³/mol. The first-order valence-corrected chi connectivity index (χ1v) is 8.03. The maximum Gasteiger partial charge on any atom is 0.416 e. The minimum absolute atomic E-state index is 0.472. The highest BCUT2D eigenvalue weighted by Crippen LogP contribution is 2.35. The van der Waals surface area contributed by atoms with Crippen LogP contribution < -0.4 is 10.2 Å². The van der Waals surface area contributed by atoms with Gasteiger partial charge in [0.15, 0.2) is 0 Å². The third-order valence-electron chi connectivity index (χ3n) is 3.72. The zero-order chi connectivity index (χ0) is 15.5. The number of hydrogen-bond donors (Lipinski definition) is 1. The molecular weight excluding hydrogens is 345 g/mol. The Balaban J connectivity index is 2.04. The van der Waals surface area contributed by atoms with Crippen molar-refractivity contribution < 1.29 is 13.2 Å². The van der Waals surface area contributed by atoms with E-state index in [-0.39, 0.29) is 0 Å². The van der Waals surface area contributed by atoms with Crippen LogP contribution in [0.1, 0.15) is 25.3 Å². The van der Waals surface area contributed by atoms with Crippen LogP contribution in [0.15, 0.2) is 22.7 Å². The fourth-order valence-corrected chi connectivity index (χ4v) is 3.12. The van der Waals surface area contributed by atoms with E-state index in [0.29, 0.717) is 16.1 Å². The molecule has 0 aromatic heterocycles. The molecule has 1 aliphatic heterocycles. The molecule has 0 aliphatic carbocycles. The van der Waals surface area contributed by atoms with Gasteiger partial charge in [-0.2, -0.15) is 13.2 Å². The van der Waals surface area contributed by atoms with Gasteiger partial charge in [0.1, 0.15) is 0 Å². The predicted octanol–water partition coefficient (Wildman–Crippen LogP) is 4.29. The van der Waals surface area contributed by atoms with E-state index in [1.54, 1.807) is 6.07 Å². The number of benzene rings is 1. The minimum Gasteiger partial charge on any atom is -0.371 e. The van der Waals surface area contributed by atoms with Crippen LogP contribution in [-0.4, -0.2) is 26.2 Å². The molecule has 21 heavy (non-hydrogen) atoms. The quantitative estimate of drug-likeness (QED) is 0.783. The van der Waals surface area contributed by atoms with Crippen LogP contribution in [-0.2, 0) is 6.18 Å². The number of nitrogens with zero attached hydrogens (tertiary/aromatic N) is 1. The summed E-state index contributed by atoms with van der Waals surface area (Å²) in [5.41, 5.74) is 0.0501. The Bertz CT molecular complexity index is 476. The smallest absolute Gasteiger partial charge is 0.371 e. The van der Waals surface area contributed by atoms with Gasteiger partial charge < -0.3 is 10.2 Å². The highest BCUT2D eigenvalue weighted by molar-refractivity contribution is 9.10. The molecule has 1 heterocycles. The maximum absolute atomic E-state index is 12.9. The molecule has 1 aliphatic rings. The second kappa shape index (κ2) is 7.01. The van der Waals surface area contributed by atoms with Crippen molar-refractivity contribution in [1.82, 2.24) is 5.32 Å². The van der Waals surface area contributed by atoms with Crippen molar-refractivity contribution in [2.75, 3.05) is 31.1 Å². The van der Waals surface area contributed by atoms with Crippen LogP contribution in [0.4, 0.5) is 18.9 Å². The van der Waals surface area contributed by atoms with Gasteiger partial charge in [-0.05, 0) is 50.0 Å². The van der Waals surface area contributed by atoms with Crippen LogP contribution in [0.2, 0.25) is 0 Å². The summed E-state index contributed by atoms with van der Waals surface area (Å²) in [6, 6.07) is 4.13. The number of hydrogen-bond acceptors (Lipinski definition) is 2. The highest BCUT2D eigenvalue weighted by atomic mass is 79.9. The summed E-state index contributed by atoms with van der Waals surface area (Å²) >= 11 is 3.18. The van der Waals surface area contributed by atoms with Crippen LogP contribution in [0.5, 0.6) is 0 Å². The van der Waals surface area contributed by atoms with Crippen molar-refractivity contribution in [1.29, 1.82) is 0 Å². The Kier molecular flexibility index (Phi) is 5.54. The van der Waals surface area contributed by atoms with Crippen LogP contribution in [0, 0.1) is 5.92 Å². The van der Waals surface area contributed by atoms with Crippen LogP contribution in [0.3, 0.4) is 0 Å². The zero-order valence-electron chi connectivity index (χ0n) is 12.0. The number of nitrogens with one attached hydrogen (secondary N) is 1. The van der Waals surface area contributed by atoms with Gasteiger partial charge >= 0.3 is 6.18 Å². The normalized spacial score (nSPS) is 19.3. The molecule has 0 spiro atoms. The summed E-state index contributed by atoms with van der Waals surface area (Å²) in [5, 5.41) is 3.38. The molecule has 1 aromatic carbocycles. The molecule has 2 rings (SSSR count). The van der Waals surface area contributed by atoms with Crippen molar-refractivity contribution in [2.45, 2.75) is 25.9 Å². The van der Waals surface area contributed by atoms with Gasteiger partial charge in [-0.1, -0.05) is 22.9 Å². The minimum atomic E-state index is -4.31. The molecule has 2 nitrogen and oxygen atoms in total. The van der Waals surface area contributed by atoms with E-state index in [4.69, 9.17) is 0 Å². The first-order chi connectivity index (χ1) is 9.90. The van der Waals surface area contributed by atoms with Crippen molar-refractivity contribution in [3.63, 3.8) is 0 Å². The molecule has 0 radical (unpaired) electrons. The molecule has 1 fully saturated rings. The van der Waals surface area contributed by atoms with Crippen LogP contribution in [0.25, 0.3) is 0 Å². The molecule has 1 saturated heterocycles. The molecule has 0 bridgehead atoms. The summed E-state index contributed by atoms with van der Waals surface area (Å²) in [5.74, 6) is 0.505. The summed E-state index contributed by atoms with van der Waals surface area (Å²) < 4.78 is 39.1. The van der Waals surface area contributed by atoms with E-state index in [1.807, 2.05) is 4.90 Å². The topological polar surface area (TPSA) is 15.3 Å². The molecule has 6 heteroatoms. The third-order valence-corrected chi connectivity index (χ3v) is 4.18. The number of anilines is 1. The van der Waals surface area contributed by atoms with Crippen molar-refractivity contribution in [3.8, 4) is 0 Å². The number of rotatable bonds is 5. The molecule has 0 saturated carbocycles. The van der Waals surface area contributed by atoms with Gasteiger partial charge in [0.2, 0.25) is 0 Å². The van der Waals surface area contributed by atoms with Gasteiger partial charge in [-0.15, -0.1) is 0 Å². The molecule has 118 valence electrons. The molecular formula is C15H20BrF3N2.